The Morgan fingerprint density at radius 3 is 2.35 bits per heavy atom. The lowest BCUT2D eigenvalue weighted by Gasteiger charge is -2.23. The van der Waals surface area contributed by atoms with Crippen LogP contribution < -0.4 is 5.32 Å². The summed E-state index contributed by atoms with van der Waals surface area (Å²) in [5, 5.41) is 2.70. The van der Waals surface area contributed by atoms with Crippen molar-refractivity contribution in [2.24, 2.45) is 0 Å². The molecule has 1 rings (SSSR count). The van der Waals surface area contributed by atoms with Crippen LogP contribution in [0.2, 0.25) is 0 Å². The molecule has 0 amide bonds. The van der Waals surface area contributed by atoms with Gasteiger partial charge in [0.2, 0.25) is 0 Å². The minimum Gasteiger partial charge on any atom is -0.458 e. The third kappa shape index (κ3) is 5.11. The number of esters is 1. The van der Waals surface area contributed by atoms with Gasteiger partial charge >= 0.3 is 12.1 Å². The minimum absolute atomic E-state index is 0.221. The Balaban J connectivity index is 2.76. The van der Waals surface area contributed by atoms with E-state index < -0.39 is 29.4 Å². The van der Waals surface area contributed by atoms with Gasteiger partial charge in [-0.25, -0.2) is 4.79 Å². The molecule has 0 aliphatic carbocycles. The van der Waals surface area contributed by atoms with Gasteiger partial charge < -0.3 is 10.1 Å². The number of halogens is 3. The van der Waals surface area contributed by atoms with E-state index in [1.807, 2.05) is 0 Å². The first-order chi connectivity index (χ1) is 8.99. The first kappa shape index (κ1) is 16.3. The molecule has 0 heterocycles. The van der Waals surface area contributed by atoms with Crippen molar-refractivity contribution in [2.75, 3.05) is 5.32 Å². The highest BCUT2D eigenvalue weighted by Crippen LogP contribution is 2.30. The lowest BCUT2D eigenvalue weighted by Crippen LogP contribution is -2.34. The first-order valence-electron chi connectivity index (χ1n) is 6.16. The number of hydrogen-bond donors (Lipinski definition) is 1. The number of hydrogen-bond acceptors (Lipinski definition) is 3. The van der Waals surface area contributed by atoms with Gasteiger partial charge in [0, 0.05) is 5.69 Å². The molecule has 0 saturated carbocycles. The Morgan fingerprint density at radius 2 is 1.85 bits per heavy atom. The molecule has 1 unspecified atom stereocenters. The summed E-state index contributed by atoms with van der Waals surface area (Å²) in [6.45, 7) is 6.71. The standard InChI is InChI=1S/C14H18F3NO2/c1-9(12(19)20-13(2,3)4)18-11-7-5-6-10(8-11)14(15,16)17/h5-9,18H,1-4H3. The highest BCUT2D eigenvalue weighted by molar-refractivity contribution is 5.79. The van der Waals surface area contributed by atoms with Crippen LogP contribution in [0.15, 0.2) is 24.3 Å². The molecular formula is C14H18F3NO2. The number of carbonyl (C=O) groups excluding carboxylic acids is 1. The van der Waals surface area contributed by atoms with E-state index in [4.69, 9.17) is 4.74 Å². The molecule has 1 N–H and O–H groups in total. The highest BCUT2D eigenvalue weighted by atomic mass is 19.4. The largest absolute Gasteiger partial charge is 0.458 e. The van der Waals surface area contributed by atoms with Gasteiger partial charge in [0.25, 0.3) is 0 Å². The molecule has 20 heavy (non-hydrogen) atoms. The van der Waals surface area contributed by atoms with Crippen LogP contribution in [0.5, 0.6) is 0 Å². The van der Waals surface area contributed by atoms with Crippen LogP contribution in [-0.4, -0.2) is 17.6 Å². The predicted molar refractivity (Wildman–Crippen MR) is 70.4 cm³/mol. The molecule has 0 bridgehead atoms. The average Bonchev–Trinajstić information content (AvgIpc) is 2.25. The van der Waals surface area contributed by atoms with Crippen molar-refractivity contribution in [3.05, 3.63) is 29.8 Å². The highest BCUT2D eigenvalue weighted by Gasteiger charge is 2.30. The fraction of sp³-hybridized carbons (Fsp3) is 0.500. The van der Waals surface area contributed by atoms with Gasteiger partial charge in [-0.15, -0.1) is 0 Å². The van der Waals surface area contributed by atoms with Crippen molar-refractivity contribution in [1.82, 2.24) is 0 Å². The molecule has 3 nitrogen and oxygen atoms in total. The Morgan fingerprint density at radius 1 is 1.25 bits per heavy atom. The van der Waals surface area contributed by atoms with E-state index in [2.05, 4.69) is 5.32 Å². The zero-order valence-corrected chi connectivity index (χ0v) is 11.8. The van der Waals surface area contributed by atoms with Crippen LogP contribution in [0.3, 0.4) is 0 Å². The van der Waals surface area contributed by atoms with Gasteiger partial charge in [0.15, 0.2) is 0 Å². The van der Waals surface area contributed by atoms with E-state index in [9.17, 15) is 18.0 Å². The maximum Gasteiger partial charge on any atom is 0.416 e. The molecule has 1 atom stereocenters. The molecule has 1 aromatic carbocycles. The molecule has 0 saturated heterocycles. The van der Waals surface area contributed by atoms with Crippen LogP contribution in [0.1, 0.15) is 33.3 Å². The zero-order valence-electron chi connectivity index (χ0n) is 11.8. The summed E-state index contributed by atoms with van der Waals surface area (Å²) in [4.78, 5) is 11.7. The normalized spacial score (nSPS) is 13.8. The van der Waals surface area contributed by atoms with Crippen LogP contribution >= 0.6 is 0 Å². The minimum atomic E-state index is -4.41. The summed E-state index contributed by atoms with van der Waals surface area (Å²) < 4.78 is 42.8. The number of anilines is 1. The van der Waals surface area contributed by atoms with Gasteiger partial charge in [-0.05, 0) is 45.9 Å². The second-order valence-electron chi connectivity index (χ2n) is 5.48. The van der Waals surface area contributed by atoms with E-state index in [1.165, 1.54) is 19.1 Å². The van der Waals surface area contributed by atoms with Crippen molar-refractivity contribution in [1.29, 1.82) is 0 Å². The van der Waals surface area contributed by atoms with E-state index in [1.54, 1.807) is 20.8 Å². The van der Waals surface area contributed by atoms with Crippen molar-refractivity contribution >= 4 is 11.7 Å². The summed E-state index contributed by atoms with van der Waals surface area (Å²) in [5.41, 5.74) is -1.18. The third-order valence-corrected chi connectivity index (χ3v) is 2.33. The molecule has 0 aliphatic rings. The monoisotopic (exact) mass is 289 g/mol. The van der Waals surface area contributed by atoms with Crippen molar-refractivity contribution in [3.63, 3.8) is 0 Å². The van der Waals surface area contributed by atoms with E-state index in [0.717, 1.165) is 12.1 Å². The summed E-state index contributed by atoms with van der Waals surface area (Å²) in [5.74, 6) is -0.519. The molecule has 1 aromatic rings. The number of benzene rings is 1. The maximum absolute atomic E-state index is 12.6. The third-order valence-electron chi connectivity index (χ3n) is 2.33. The van der Waals surface area contributed by atoms with E-state index in [-0.39, 0.29) is 5.69 Å². The number of alkyl halides is 3. The van der Waals surface area contributed by atoms with Gasteiger partial charge in [-0.1, -0.05) is 6.07 Å². The number of ether oxygens (including phenoxy) is 1. The number of carbonyl (C=O) groups is 1. The SMILES string of the molecule is CC(Nc1cccc(C(F)(F)F)c1)C(=O)OC(C)(C)C. The van der Waals surface area contributed by atoms with Crippen molar-refractivity contribution < 1.29 is 22.7 Å². The van der Waals surface area contributed by atoms with E-state index >= 15 is 0 Å². The van der Waals surface area contributed by atoms with E-state index in [0.29, 0.717) is 0 Å². The van der Waals surface area contributed by atoms with Crippen molar-refractivity contribution in [3.8, 4) is 0 Å². The second kappa shape index (κ2) is 5.73. The molecule has 0 spiro atoms. The van der Waals surface area contributed by atoms with Crippen LogP contribution in [0, 0.1) is 0 Å². The number of nitrogens with one attached hydrogen (secondary N) is 1. The Labute approximate surface area is 116 Å². The predicted octanol–water partition coefficient (Wildman–Crippen LogP) is 3.85. The molecule has 0 radical (unpaired) electrons. The molecule has 0 aliphatic heterocycles. The Bertz CT molecular complexity index is 478. The van der Waals surface area contributed by atoms with Crippen LogP contribution in [0.25, 0.3) is 0 Å². The lowest BCUT2D eigenvalue weighted by atomic mass is 10.1. The molecule has 0 fully saturated rings. The molecule has 6 heteroatoms. The smallest absolute Gasteiger partial charge is 0.416 e. The summed E-state index contributed by atoms with van der Waals surface area (Å²) >= 11 is 0. The van der Waals surface area contributed by atoms with Gasteiger partial charge in [-0.3, -0.25) is 0 Å². The van der Waals surface area contributed by atoms with Gasteiger partial charge in [-0.2, -0.15) is 13.2 Å². The molecule has 112 valence electrons. The van der Waals surface area contributed by atoms with Gasteiger partial charge in [0.05, 0.1) is 5.56 Å². The molecular weight excluding hydrogens is 271 g/mol. The van der Waals surface area contributed by atoms with Crippen molar-refractivity contribution in [2.45, 2.75) is 45.5 Å². The maximum atomic E-state index is 12.6. The quantitative estimate of drug-likeness (QED) is 0.859. The van der Waals surface area contributed by atoms with Crippen LogP contribution in [0.4, 0.5) is 18.9 Å². The second-order valence-corrected chi connectivity index (χ2v) is 5.48. The number of rotatable bonds is 3. The first-order valence-corrected chi connectivity index (χ1v) is 6.16. The Kier molecular flexibility index (Phi) is 4.68. The fourth-order valence-corrected chi connectivity index (χ4v) is 1.48. The topological polar surface area (TPSA) is 38.3 Å². The lowest BCUT2D eigenvalue weighted by molar-refractivity contribution is -0.155. The summed E-state index contributed by atoms with van der Waals surface area (Å²) in [6.07, 6.45) is -4.41. The van der Waals surface area contributed by atoms with Gasteiger partial charge in [0.1, 0.15) is 11.6 Å². The average molecular weight is 289 g/mol. The fourth-order valence-electron chi connectivity index (χ4n) is 1.48. The Hall–Kier alpha value is -1.72. The summed E-state index contributed by atoms with van der Waals surface area (Å²) in [6, 6.07) is 3.95. The zero-order chi connectivity index (χ0) is 15.6. The molecule has 0 aromatic heterocycles. The van der Waals surface area contributed by atoms with Crippen LogP contribution in [-0.2, 0) is 15.7 Å². The summed E-state index contributed by atoms with van der Waals surface area (Å²) in [7, 11) is 0.